The summed E-state index contributed by atoms with van der Waals surface area (Å²) in [4.78, 5) is 7.49. The van der Waals surface area contributed by atoms with E-state index >= 15 is 0 Å². The Morgan fingerprint density at radius 2 is 2.12 bits per heavy atom. The van der Waals surface area contributed by atoms with E-state index in [0.717, 1.165) is 22.8 Å². The van der Waals surface area contributed by atoms with Crippen LogP contribution >= 0.6 is 0 Å². The number of methoxy groups -OCH3 is 1. The Bertz CT molecular complexity index is 477. The number of aromatic amines is 1. The number of hydrogen-bond donors (Lipinski definition) is 2. The quantitative estimate of drug-likeness (QED) is 0.827. The fraction of sp³-hybridized carbons (Fsp3) is 0.250. The molecule has 1 unspecified atom stereocenters. The second-order valence-corrected chi connectivity index (χ2v) is 3.68. The minimum Gasteiger partial charge on any atom is -0.496 e. The molecular weight excluding hydrogens is 202 g/mol. The summed E-state index contributed by atoms with van der Waals surface area (Å²) in [5, 5.41) is 0. The molecule has 0 aliphatic rings. The van der Waals surface area contributed by atoms with Crippen LogP contribution in [-0.2, 0) is 0 Å². The van der Waals surface area contributed by atoms with Crippen LogP contribution in [0.2, 0.25) is 0 Å². The van der Waals surface area contributed by atoms with Gasteiger partial charge in [0.2, 0.25) is 0 Å². The highest BCUT2D eigenvalue weighted by atomic mass is 16.5. The van der Waals surface area contributed by atoms with Crippen LogP contribution in [0.15, 0.2) is 30.5 Å². The van der Waals surface area contributed by atoms with E-state index in [1.807, 2.05) is 31.2 Å². The summed E-state index contributed by atoms with van der Waals surface area (Å²) in [6.07, 6.45) is 1.76. The van der Waals surface area contributed by atoms with Gasteiger partial charge in [-0.05, 0) is 19.1 Å². The van der Waals surface area contributed by atoms with Crippen molar-refractivity contribution in [3.05, 3.63) is 36.2 Å². The molecule has 0 fully saturated rings. The summed E-state index contributed by atoms with van der Waals surface area (Å²) in [6, 6.07) is 7.70. The van der Waals surface area contributed by atoms with Crippen molar-refractivity contribution in [1.82, 2.24) is 9.97 Å². The largest absolute Gasteiger partial charge is 0.496 e. The number of nitrogens with zero attached hydrogens (tertiary/aromatic N) is 1. The first kappa shape index (κ1) is 10.7. The number of ether oxygens (including phenoxy) is 1. The molecule has 0 saturated carbocycles. The maximum absolute atomic E-state index is 5.77. The number of aromatic nitrogens is 2. The number of imidazole rings is 1. The van der Waals surface area contributed by atoms with Gasteiger partial charge >= 0.3 is 0 Å². The highest BCUT2D eigenvalue weighted by molar-refractivity contribution is 5.64. The van der Waals surface area contributed by atoms with E-state index in [9.17, 15) is 0 Å². The normalized spacial score (nSPS) is 12.4. The van der Waals surface area contributed by atoms with Crippen molar-refractivity contribution in [3.8, 4) is 17.1 Å². The Morgan fingerprint density at radius 3 is 2.75 bits per heavy atom. The Hall–Kier alpha value is -1.81. The molecular formula is C12H15N3O. The van der Waals surface area contributed by atoms with E-state index in [1.165, 1.54) is 0 Å². The van der Waals surface area contributed by atoms with Gasteiger partial charge in [-0.15, -0.1) is 0 Å². The Morgan fingerprint density at radius 1 is 1.38 bits per heavy atom. The molecule has 2 rings (SSSR count). The predicted molar refractivity (Wildman–Crippen MR) is 63.2 cm³/mol. The monoisotopic (exact) mass is 217 g/mol. The molecule has 84 valence electrons. The van der Waals surface area contributed by atoms with Gasteiger partial charge in [0.05, 0.1) is 24.6 Å². The maximum Gasteiger partial charge on any atom is 0.141 e. The third-order valence-electron chi connectivity index (χ3n) is 2.45. The van der Waals surface area contributed by atoms with Crippen LogP contribution < -0.4 is 10.5 Å². The molecule has 16 heavy (non-hydrogen) atoms. The molecule has 0 aliphatic carbocycles. The number of hydrogen-bond acceptors (Lipinski definition) is 3. The summed E-state index contributed by atoms with van der Waals surface area (Å²) in [7, 11) is 1.65. The van der Waals surface area contributed by atoms with E-state index in [2.05, 4.69) is 9.97 Å². The molecule has 1 atom stereocenters. The van der Waals surface area contributed by atoms with E-state index < -0.39 is 0 Å². The first-order chi connectivity index (χ1) is 7.72. The maximum atomic E-state index is 5.77. The molecule has 4 nitrogen and oxygen atoms in total. The van der Waals surface area contributed by atoms with Crippen molar-refractivity contribution < 1.29 is 4.74 Å². The Labute approximate surface area is 94.5 Å². The van der Waals surface area contributed by atoms with Crippen molar-refractivity contribution in [2.75, 3.05) is 7.11 Å². The van der Waals surface area contributed by atoms with Crippen LogP contribution in [0.3, 0.4) is 0 Å². The molecule has 0 spiro atoms. The molecule has 4 heteroatoms. The minimum absolute atomic E-state index is 0.0454. The molecule has 1 heterocycles. The topological polar surface area (TPSA) is 63.9 Å². The van der Waals surface area contributed by atoms with Crippen LogP contribution in [0.1, 0.15) is 18.7 Å². The number of rotatable bonds is 3. The van der Waals surface area contributed by atoms with Gasteiger partial charge in [-0.1, -0.05) is 12.1 Å². The molecule has 0 bridgehead atoms. The highest BCUT2D eigenvalue weighted by Crippen LogP contribution is 2.27. The second kappa shape index (κ2) is 4.37. The zero-order valence-corrected chi connectivity index (χ0v) is 9.40. The fourth-order valence-corrected chi connectivity index (χ4v) is 1.54. The number of benzene rings is 1. The lowest BCUT2D eigenvalue weighted by Gasteiger charge is -2.05. The van der Waals surface area contributed by atoms with Gasteiger partial charge < -0.3 is 15.5 Å². The number of nitrogens with one attached hydrogen (secondary N) is 1. The summed E-state index contributed by atoms with van der Waals surface area (Å²) in [5.41, 5.74) is 7.63. The average Bonchev–Trinajstić information content (AvgIpc) is 2.78. The Balaban J connectivity index is 2.42. The molecule has 0 saturated heterocycles. The van der Waals surface area contributed by atoms with Gasteiger partial charge in [0.25, 0.3) is 0 Å². The molecule has 1 aromatic heterocycles. The first-order valence-corrected chi connectivity index (χ1v) is 5.16. The van der Waals surface area contributed by atoms with Crippen molar-refractivity contribution in [2.45, 2.75) is 13.0 Å². The highest BCUT2D eigenvalue weighted by Gasteiger charge is 2.10. The van der Waals surface area contributed by atoms with Gasteiger partial charge in [0.15, 0.2) is 0 Å². The van der Waals surface area contributed by atoms with E-state index in [1.54, 1.807) is 13.3 Å². The van der Waals surface area contributed by atoms with Gasteiger partial charge in [0, 0.05) is 6.04 Å². The van der Waals surface area contributed by atoms with Crippen molar-refractivity contribution in [2.24, 2.45) is 5.73 Å². The molecule has 0 radical (unpaired) electrons. The lowest BCUT2D eigenvalue weighted by molar-refractivity contribution is 0.416. The van der Waals surface area contributed by atoms with Crippen LogP contribution in [0.5, 0.6) is 5.75 Å². The average molecular weight is 217 g/mol. The van der Waals surface area contributed by atoms with Gasteiger partial charge in [-0.25, -0.2) is 4.98 Å². The molecule has 0 amide bonds. The minimum atomic E-state index is -0.0454. The van der Waals surface area contributed by atoms with Crippen LogP contribution in [-0.4, -0.2) is 17.1 Å². The van der Waals surface area contributed by atoms with Crippen molar-refractivity contribution in [3.63, 3.8) is 0 Å². The van der Waals surface area contributed by atoms with Crippen LogP contribution in [0, 0.1) is 0 Å². The van der Waals surface area contributed by atoms with Gasteiger partial charge in [-0.3, -0.25) is 0 Å². The van der Waals surface area contributed by atoms with Gasteiger partial charge in [-0.2, -0.15) is 0 Å². The predicted octanol–water partition coefficient (Wildman–Crippen LogP) is 2.10. The third kappa shape index (κ3) is 1.92. The van der Waals surface area contributed by atoms with Crippen LogP contribution in [0.25, 0.3) is 11.4 Å². The fourth-order valence-electron chi connectivity index (χ4n) is 1.54. The second-order valence-electron chi connectivity index (χ2n) is 3.68. The molecule has 1 aromatic carbocycles. The number of nitrogens with two attached hydrogens (primary N) is 1. The summed E-state index contributed by atoms with van der Waals surface area (Å²) in [6.45, 7) is 1.92. The third-order valence-corrected chi connectivity index (χ3v) is 2.45. The standard InChI is InChI=1S/C12H15N3O/c1-8(13)10-7-14-12(15-10)9-5-3-4-6-11(9)16-2/h3-8H,13H2,1-2H3,(H,14,15). The summed E-state index contributed by atoms with van der Waals surface area (Å²) in [5.74, 6) is 1.58. The molecule has 0 aliphatic heterocycles. The van der Waals surface area contributed by atoms with E-state index in [4.69, 9.17) is 10.5 Å². The summed E-state index contributed by atoms with van der Waals surface area (Å²) >= 11 is 0. The lowest BCUT2D eigenvalue weighted by Crippen LogP contribution is -2.04. The van der Waals surface area contributed by atoms with E-state index in [-0.39, 0.29) is 6.04 Å². The zero-order valence-electron chi connectivity index (χ0n) is 9.40. The molecule has 2 aromatic rings. The molecule has 3 N–H and O–H groups in total. The SMILES string of the molecule is COc1ccccc1-c1ncc(C(C)N)[nH]1. The number of H-pyrrole nitrogens is 1. The Kier molecular flexibility index (Phi) is 2.92. The van der Waals surface area contributed by atoms with Gasteiger partial charge in [0.1, 0.15) is 11.6 Å². The van der Waals surface area contributed by atoms with Crippen molar-refractivity contribution >= 4 is 0 Å². The van der Waals surface area contributed by atoms with Crippen molar-refractivity contribution in [1.29, 1.82) is 0 Å². The summed E-state index contributed by atoms with van der Waals surface area (Å²) < 4.78 is 5.28. The zero-order chi connectivity index (χ0) is 11.5. The lowest BCUT2D eigenvalue weighted by atomic mass is 10.2. The smallest absolute Gasteiger partial charge is 0.141 e. The first-order valence-electron chi connectivity index (χ1n) is 5.16. The van der Waals surface area contributed by atoms with E-state index in [0.29, 0.717) is 0 Å². The van der Waals surface area contributed by atoms with Crippen LogP contribution in [0.4, 0.5) is 0 Å². The number of para-hydroxylation sites is 1.